The van der Waals surface area contributed by atoms with Gasteiger partial charge >= 0.3 is 0 Å². The van der Waals surface area contributed by atoms with Gasteiger partial charge in [-0.25, -0.2) is 4.68 Å². The van der Waals surface area contributed by atoms with Gasteiger partial charge in [0.15, 0.2) is 5.78 Å². The zero-order valence-electron chi connectivity index (χ0n) is 12.9. The van der Waals surface area contributed by atoms with Crippen LogP contribution in [0.3, 0.4) is 0 Å². The molecule has 1 aromatic heterocycles. The predicted molar refractivity (Wildman–Crippen MR) is 102 cm³/mol. The Bertz CT molecular complexity index is 899. The monoisotopic (exact) mass is 400 g/mol. The summed E-state index contributed by atoms with van der Waals surface area (Å²) in [6.45, 7) is 1.52. The molecule has 5 heteroatoms. The summed E-state index contributed by atoms with van der Waals surface area (Å²) >= 11 is 9.29. The molecule has 120 valence electrons. The Morgan fingerprint density at radius 1 is 1.12 bits per heavy atom. The summed E-state index contributed by atoms with van der Waals surface area (Å²) in [5.74, 6) is -0.0375. The normalized spacial score (nSPS) is 11.5. The first-order chi connectivity index (χ1) is 11.5. The molecular weight excluding hydrogens is 388 g/mol. The van der Waals surface area contributed by atoms with Crippen molar-refractivity contribution in [2.75, 3.05) is 0 Å². The molecule has 0 spiro atoms. The van der Waals surface area contributed by atoms with Gasteiger partial charge in [-0.1, -0.05) is 41.9 Å². The Morgan fingerprint density at radius 3 is 2.42 bits per heavy atom. The van der Waals surface area contributed by atoms with Gasteiger partial charge in [0, 0.05) is 22.3 Å². The number of hydrogen-bond acceptors (Lipinski definition) is 2. The highest BCUT2D eigenvalue weighted by Gasteiger charge is 2.12. The molecule has 0 unspecified atom stereocenters. The largest absolute Gasteiger partial charge is 0.294 e. The van der Waals surface area contributed by atoms with Crippen LogP contribution in [0, 0.1) is 0 Å². The second-order valence-corrected chi connectivity index (χ2v) is 6.56. The van der Waals surface area contributed by atoms with Crippen LogP contribution in [0.25, 0.3) is 23.0 Å². The predicted octanol–water partition coefficient (Wildman–Crippen LogP) is 5.52. The van der Waals surface area contributed by atoms with Gasteiger partial charge in [-0.3, -0.25) is 4.79 Å². The maximum absolute atomic E-state index is 11.6. The third kappa shape index (κ3) is 3.66. The molecule has 3 nitrogen and oxygen atoms in total. The van der Waals surface area contributed by atoms with Gasteiger partial charge < -0.3 is 0 Å². The maximum atomic E-state index is 11.6. The molecule has 0 bridgehead atoms. The highest BCUT2D eigenvalue weighted by Crippen LogP contribution is 2.28. The molecule has 0 aliphatic rings. The number of nitrogens with zero attached hydrogens (tertiary/aromatic N) is 2. The first kappa shape index (κ1) is 16.7. The maximum Gasteiger partial charge on any atom is 0.166 e. The summed E-state index contributed by atoms with van der Waals surface area (Å²) in [5.41, 5.74) is 3.52. The van der Waals surface area contributed by atoms with Crippen LogP contribution in [-0.4, -0.2) is 15.6 Å². The number of para-hydroxylation sites is 1. The summed E-state index contributed by atoms with van der Waals surface area (Å²) in [5, 5.41) is 5.36. The minimum Gasteiger partial charge on any atom is -0.294 e. The lowest BCUT2D eigenvalue weighted by Crippen LogP contribution is -1.93. The van der Waals surface area contributed by atoms with Crippen molar-refractivity contribution < 1.29 is 4.79 Å². The highest BCUT2D eigenvalue weighted by atomic mass is 79.9. The van der Waals surface area contributed by atoms with E-state index in [4.69, 9.17) is 11.6 Å². The van der Waals surface area contributed by atoms with Gasteiger partial charge in [0.25, 0.3) is 0 Å². The van der Waals surface area contributed by atoms with Crippen molar-refractivity contribution in [1.82, 2.24) is 9.78 Å². The lowest BCUT2D eigenvalue weighted by molar-refractivity contribution is -0.112. The van der Waals surface area contributed by atoms with E-state index in [0.717, 1.165) is 22.5 Å². The van der Waals surface area contributed by atoms with Crippen LogP contribution in [0.15, 0.2) is 65.3 Å². The van der Waals surface area contributed by atoms with E-state index in [9.17, 15) is 4.79 Å². The van der Waals surface area contributed by atoms with Crippen molar-refractivity contribution in [2.24, 2.45) is 0 Å². The molecule has 0 saturated heterocycles. The quantitative estimate of drug-likeness (QED) is 0.540. The molecule has 3 rings (SSSR count). The summed E-state index contributed by atoms with van der Waals surface area (Å²) in [6, 6.07) is 17.3. The van der Waals surface area contributed by atoms with E-state index in [1.807, 2.05) is 60.8 Å². The van der Waals surface area contributed by atoms with Gasteiger partial charge in [0.2, 0.25) is 0 Å². The van der Waals surface area contributed by atoms with E-state index in [2.05, 4.69) is 21.0 Å². The number of rotatable bonds is 4. The van der Waals surface area contributed by atoms with E-state index >= 15 is 0 Å². The standard InChI is InChI=1S/C19H14BrClN2O/c1-13(24)18(20)11-15-12-23(17-5-3-2-4-6-17)22-19(15)14-7-9-16(21)10-8-14/h2-12H,1H3/b18-11-. The summed E-state index contributed by atoms with van der Waals surface area (Å²) < 4.78 is 2.31. The number of carbonyl (C=O) groups is 1. The van der Waals surface area contributed by atoms with Crippen molar-refractivity contribution in [1.29, 1.82) is 0 Å². The first-order valence-corrected chi connectivity index (χ1v) is 8.51. The lowest BCUT2D eigenvalue weighted by atomic mass is 10.1. The molecule has 2 aromatic carbocycles. The molecule has 0 atom stereocenters. The molecule has 3 aromatic rings. The number of halogens is 2. The van der Waals surface area contributed by atoms with E-state index in [1.54, 1.807) is 10.8 Å². The van der Waals surface area contributed by atoms with E-state index in [-0.39, 0.29) is 5.78 Å². The van der Waals surface area contributed by atoms with Gasteiger partial charge in [-0.15, -0.1) is 0 Å². The van der Waals surface area contributed by atoms with Crippen molar-refractivity contribution in [3.05, 3.63) is 75.9 Å². The molecule has 0 aliphatic carbocycles. The summed E-state index contributed by atoms with van der Waals surface area (Å²) in [7, 11) is 0. The topological polar surface area (TPSA) is 34.9 Å². The smallest absolute Gasteiger partial charge is 0.166 e. The average Bonchev–Trinajstić information content (AvgIpc) is 3.00. The number of aromatic nitrogens is 2. The fourth-order valence-corrected chi connectivity index (χ4v) is 2.65. The summed E-state index contributed by atoms with van der Waals surface area (Å²) in [4.78, 5) is 11.6. The molecule has 1 heterocycles. The van der Waals surface area contributed by atoms with Gasteiger partial charge in [0.05, 0.1) is 15.9 Å². The van der Waals surface area contributed by atoms with Crippen molar-refractivity contribution >= 4 is 39.4 Å². The van der Waals surface area contributed by atoms with Crippen molar-refractivity contribution in [3.8, 4) is 16.9 Å². The second-order valence-electron chi connectivity index (χ2n) is 5.27. The zero-order valence-corrected chi connectivity index (χ0v) is 15.3. The number of allylic oxidation sites excluding steroid dienone is 1. The molecule has 0 amide bonds. The first-order valence-electron chi connectivity index (χ1n) is 7.34. The molecule has 0 N–H and O–H groups in total. The Morgan fingerprint density at radius 2 is 1.79 bits per heavy atom. The molecule has 0 saturated carbocycles. The van der Waals surface area contributed by atoms with Crippen LogP contribution < -0.4 is 0 Å². The third-order valence-electron chi connectivity index (χ3n) is 3.50. The Hall–Kier alpha value is -2.17. The van der Waals surface area contributed by atoms with Crippen molar-refractivity contribution in [2.45, 2.75) is 6.92 Å². The number of carbonyl (C=O) groups excluding carboxylic acids is 1. The lowest BCUT2D eigenvalue weighted by Gasteiger charge is -2.01. The molecule has 24 heavy (non-hydrogen) atoms. The Balaban J connectivity index is 2.15. The fraction of sp³-hybridized carbons (Fsp3) is 0.0526. The van der Waals surface area contributed by atoms with E-state index in [1.165, 1.54) is 6.92 Å². The van der Waals surface area contributed by atoms with Crippen LogP contribution in [0.4, 0.5) is 0 Å². The second kappa shape index (κ2) is 7.16. The number of benzene rings is 2. The number of ketones is 1. The van der Waals surface area contributed by atoms with Gasteiger partial charge in [0.1, 0.15) is 0 Å². The number of Topliss-reactive ketones (excluding diaryl/α,β-unsaturated/α-hetero) is 1. The molecule has 0 aliphatic heterocycles. The fourth-order valence-electron chi connectivity index (χ4n) is 2.28. The van der Waals surface area contributed by atoms with Crippen LogP contribution in [-0.2, 0) is 4.79 Å². The van der Waals surface area contributed by atoms with E-state index < -0.39 is 0 Å². The third-order valence-corrected chi connectivity index (χ3v) is 4.54. The molecule has 0 fully saturated rings. The van der Waals surface area contributed by atoms with Crippen LogP contribution >= 0.6 is 27.5 Å². The molecular formula is C19H14BrClN2O. The van der Waals surface area contributed by atoms with Gasteiger partial charge in [-0.2, -0.15) is 5.10 Å². The highest BCUT2D eigenvalue weighted by molar-refractivity contribution is 9.12. The van der Waals surface area contributed by atoms with Crippen LogP contribution in [0.5, 0.6) is 0 Å². The van der Waals surface area contributed by atoms with E-state index in [0.29, 0.717) is 9.51 Å². The average molecular weight is 402 g/mol. The van der Waals surface area contributed by atoms with Gasteiger partial charge in [-0.05, 0) is 53.2 Å². The molecule has 0 radical (unpaired) electrons. The minimum absolute atomic E-state index is 0.0375. The Kier molecular flexibility index (Phi) is 4.97. The summed E-state index contributed by atoms with van der Waals surface area (Å²) in [6.07, 6.45) is 3.70. The minimum atomic E-state index is -0.0375. The zero-order chi connectivity index (χ0) is 17.1. The van der Waals surface area contributed by atoms with Crippen molar-refractivity contribution in [3.63, 3.8) is 0 Å². The Labute approximate surface area is 153 Å². The number of hydrogen-bond donors (Lipinski definition) is 0. The van der Waals surface area contributed by atoms with Crippen LogP contribution in [0.1, 0.15) is 12.5 Å². The van der Waals surface area contributed by atoms with Crippen LogP contribution in [0.2, 0.25) is 5.02 Å². The SMILES string of the molecule is CC(=O)/C(Br)=C/c1cn(-c2ccccc2)nc1-c1ccc(Cl)cc1.